The van der Waals surface area contributed by atoms with Crippen LogP contribution in [0.3, 0.4) is 0 Å². The van der Waals surface area contributed by atoms with Crippen LogP contribution in [0.15, 0.2) is 65.6 Å². The maximum absolute atomic E-state index is 12.5. The highest BCUT2D eigenvalue weighted by Gasteiger charge is 2.13. The van der Waals surface area contributed by atoms with E-state index in [1.54, 1.807) is 18.2 Å². The van der Waals surface area contributed by atoms with Gasteiger partial charge in [-0.15, -0.1) is 0 Å². The largest absolute Gasteiger partial charge is 0.478 e. The molecule has 3 aromatic rings. The van der Waals surface area contributed by atoms with Gasteiger partial charge in [-0.2, -0.15) is 0 Å². The van der Waals surface area contributed by atoms with Crippen LogP contribution in [0.1, 0.15) is 10.4 Å². The molecule has 4 nitrogen and oxygen atoms in total. The molecule has 0 heterocycles. The Hall–Kier alpha value is -2.37. The lowest BCUT2D eigenvalue weighted by atomic mass is 10.1. The van der Waals surface area contributed by atoms with E-state index < -0.39 is 17.0 Å². The van der Waals surface area contributed by atoms with E-state index in [0.717, 1.165) is 10.8 Å². The lowest BCUT2D eigenvalue weighted by Gasteiger charge is -2.09. The molecular formula is C17H11ClO4S. The first-order valence-electron chi connectivity index (χ1n) is 6.67. The van der Waals surface area contributed by atoms with Crippen molar-refractivity contribution >= 4 is 39.4 Å². The number of hydrogen-bond acceptors (Lipinski definition) is 3. The molecule has 23 heavy (non-hydrogen) atoms. The number of fused-ring (bicyclic) bond motifs is 1. The minimum absolute atomic E-state index is 0.0699. The number of halogens is 1. The Labute approximate surface area is 139 Å². The van der Waals surface area contributed by atoms with E-state index in [1.807, 2.05) is 24.3 Å². The van der Waals surface area contributed by atoms with Gasteiger partial charge in [-0.05, 0) is 30.3 Å². The molecule has 1 atom stereocenters. The van der Waals surface area contributed by atoms with Gasteiger partial charge in [0.2, 0.25) is 11.1 Å². The molecule has 0 amide bonds. The van der Waals surface area contributed by atoms with Crippen LogP contribution < -0.4 is 4.18 Å². The molecule has 0 saturated carbocycles. The predicted molar refractivity (Wildman–Crippen MR) is 89.4 cm³/mol. The Morgan fingerprint density at radius 1 is 1.00 bits per heavy atom. The number of carboxylic acids is 1. The van der Waals surface area contributed by atoms with Gasteiger partial charge in [0.1, 0.15) is 5.75 Å². The molecule has 0 aliphatic heterocycles. The second-order valence-corrected chi connectivity index (χ2v) is 6.23. The zero-order valence-electron chi connectivity index (χ0n) is 11.7. The highest BCUT2D eigenvalue weighted by molar-refractivity contribution is 7.80. The monoisotopic (exact) mass is 346 g/mol. The minimum Gasteiger partial charge on any atom is -0.478 e. The predicted octanol–water partition coefficient (Wildman–Crippen LogP) is 4.29. The van der Waals surface area contributed by atoms with Crippen LogP contribution in [-0.2, 0) is 11.1 Å². The number of benzene rings is 3. The first kappa shape index (κ1) is 15.5. The number of aromatic carboxylic acids is 1. The van der Waals surface area contributed by atoms with E-state index in [4.69, 9.17) is 20.9 Å². The standard InChI is InChI=1S/C17H11ClO4S/c18-15-8-9-16(14-7-2-1-6-13(14)15)23(21)22-12-5-3-4-11(10-12)17(19)20/h1-10H,(H,19,20). The number of carboxylic acid groups (broad SMARTS) is 1. The second-order valence-electron chi connectivity index (χ2n) is 4.74. The van der Waals surface area contributed by atoms with Crippen molar-refractivity contribution in [2.75, 3.05) is 0 Å². The SMILES string of the molecule is O=C(O)c1cccc(OS(=O)c2ccc(Cl)c3ccccc23)c1. The summed E-state index contributed by atoms with van der Waals surface area (Å²) in [6, 6.07) is 16.5. The molecule has 0 fully saturated rings. The van der Waals surface area contributed by atoms with Crippen LogP contribution in [0.25, 0.3) is 10.8 Å². The molecule has 1 N–H and O–H groups in total. The summed E-state index contributed by atoms with van der Waals surface area (Å²) >= 11 is 4.35. The van der Waals surface area contributed by atoms with Gasteiger partial charge in [-0.3, -0.25) is 0 Å². The molecular weight excluding hydrogens is 336 g/mol. The van der Waals surface area contributed by atoms with E-state index in [2.05, 4.69) is 0 Å². The summed E-state index contributed by atoms with van der Waals surface area (Å²) in [5.74, 6) is -0.847. The topological polar surface area (TPSA) is 63.6 Å². The summed E-state index contributed by atoms with van der Waals surface area (Å²) in [5.41, 5.74) is 0.0699. The van der Waals surface area contributed by atoms with Gasteiger partial charge >= 0.3 is 5.97 Å². The van der Waals surface area contributed by atoms with E-state index in [1.165, 1.54) is 18.2 Å². The molecule has 0 spiro atoms. The fourth-order valence-electron chi connectivity index (χ4n) is 2.19. The summed E-state index contributed by atoms with van der Waals surface area (Å²) < 4.78 is 17.9. The molecule has 0 bridgehead atoms. The van der Waals surface area contributed by atoms with Gasteiger partial charge in [-0.1, -0.05) is 41.9 Å². The third-order valence-corrected chi connectivity index (χ3v) is 4.65. The van der Waals surface area contributed by atoms with Gasteiger partial charge in [-0.25, -0.2) is 9.00 Å². The molecule has 3 aromatic carbocycles. The minimum atomic E-state index is -1.79. The highest BCUT2D eigenvalue weighted by Crippen LogP contribution is 2.29. The summed E-state index contributed by atoms with van der Waals surface area (Å²) in [4.78, 5) is 11.5. The zero-order chi connectivity index (χ0) is 16.4. The van der Waals surface area contributed by atoms with Crippen LogP contribution in [0, 0.1) is 0 Å². The van der Waals surface area contributed by atoms with E-state index >= 15 is 0 Å². The summed E-state index contributed by atoms with van der Waals surface area (Å²) in [5, 5.41) is 11.1. The molecule has 0 aromatic heterocycles. The Kier molecular flexibility index (Phi) is 4.32. The summed E-state index contributed by atoms with van der Waals surface area (Å²) in [6.45, 7) is 0. The quantitative estimate of drug-likeness (QED) is 0.765. The van der Waals surface area contributed by atoms with Gasteiger partial charge < -0.3 is 9.29 Å². The highest BCUT2D eigenvalue weighted by atomic mass is 35.5. The van der Waals surface area contributed by atoms with Crippen LogP contribution >= 0.6 is 11.6 Å². The molecule has 6 heteroatoms. The molecule has 0 saturated heterocycles. The fourth-order valence-corrected chi connectivity index (χ4v) is 3.33. The van der Waals surface area contributed by atoms with Gasteiger partial charge in [0.15, 0.2) is 0 Å². The normalized spacial score (nSPS) is 12.0. The first-order valence-corrected chi connectivity index (χ1v) is 8.12. The van der Waals surface area contributed by atoms with Crippen molar-refractivity contribution < 1.29 is 18.3 Å². The molecule has 0 aliphatic rings. The van der Waals surface area contributed by atoms with Crippen molar-refractivity contribution in [2.24, 2.45) is 0 Å². The summed E-state index contributed by atoms with van der Waals surface area (Å²) in [6.07, 6.45) is 0. The molecule has 1 unspecified atom stereocenters. The van der Waals surface area contributed by atoms with Gasteiger partial charge in [0, 0.05) is 15.8 Å². The van der Waals surface area contributed by atoms with Crippen LogP contribution in [0.4, 0.5) is 0 Å². The molecule has 0 aliphatic carbocycles. The Morgan fingerprint density at radius 3 is 2.48 bits per heavy atom. The lowest BCUT2D eigenvalue weighted by Crippen LogP contribution is -2.03. The maximum Gasteiger partial charge on any atom is 0.335 e. The van der Waals surface area contributed by atoms with E-state index in [0.29, 0.717) is 9.92 Å². The van der Waals surface area contributed by atoms with Crippen LogP contribution in [0.2, 0.25) is 5.02 Å². The first-order chi connectivity index (χ1) is 11.1. The van der Waals surface area contributed by atoms with Crippen molar-refractivity contribution in [3.8, 4) is 5.75 Å². The molecule has 116 valence electrons. The zero-order valence-corrected chi connectivity index (χ0v) is 13.3. The maximum atomic E-state index is 12.5. The lowest BCUT2D eigenvalue weighted by molar-refractivity contribution is 0.0696. The average Bonchev–Trinajstić information content (AvgIpc) is 2.55. The van der Waals surface area contributed by atoms with Gasteiger partial charge in [0.05, 0.1) is 10.5 Å². The Balaban J connectivity index is 1.97. The molecule has 0 radical (unpaired) electrons. The number of carbonyl (C=O) groups is 1. The number of rotatable bonds is 4. The molecule has 3 rings (SSSR count). The Bertz CT molecular complexity index is 923. The van der Waals surface area contributed by atoms with Crippen molar-refractivity contribution in [1.29, 1.82) is 0 Å². The van der Waals surface area contributed by atoms with Crippen molar-refractivity contribution in [1.82, 2.24) is 0 Å². The second kappa shape index (κ2) is 6.40. The third kappa shape index (κ3) is 3.21. The van der Waals surface area contributed by atoms with Crippen molar-refractivity contribution in [3.63, 3.8) is 0 Å². The average molecular weight is 347 g/mol. The number of hydrogen-bond donors (Lipinski definition) is 1. The summed E-state index contributed by atoms with van der Waals surface area (Å²) in [7, 11) is 0. The van der Waals surface area contributed by atoms with Crippen molar-refractivity contribution in [2.45, 2.75) is 4.90 Å². The van der Waals surface area contributed by atoms with E-state index in [-0.39, 0.29) is 11.3 Å². The van der Waals surface area contributed by atoms with Gasteiger partial charge in [0.25, 0.3) is 0 Å². The van der Waals surface area contributed by atoms with Crippen molar-refractivity contribution in [3.05, 3.63) is 71.2 Å². The Morgan fingerprint density at radius 2 is 1.74 bits per heavy atom. The third-order valence-electron chi connectivity index (χ3n) is 3.26. The van der Waals surface area contributed by atoms with E-state index in [9.17, 15) is 9.00 Å². The fraction of sp³-hybridized carbons (Fsp3) is 0. The van der Waals surface area contributed by atoms with Crippen LogP contribution in [-0.4, -0.2) is 15.3 Å². The van der Waals surface area contributed by atoms with Crippen LogP contribution in [0.5, 0.6) is 5.75 Å². The smallest absolute Gasteiger partial charge is 0.335 e.